The van der Waals surface area contributed by atoms with Gasteiger partial charge in [-0.15, -0.1) is 0 Å². The normalized spacial score (nSPS) is 18.0. The lowest BCUT2D eigenvalue weighted by Gasteiger charge is -2.33. The van der Waals surface area contributed by atoms with Gasteiger partial charge in [0.2, 0.25) is 5.95 Å². The topological polar surface area (TPSA) is 67.1 Å². The van der Waals surface area contributed by atoms with Crippen LogP contribution in [0.25, 0.3) is 0 Å². The van der Waals surface area contributed by atoms with E-state index < -0.39 is 6.10 Å². The monoisotopic (exact) mass is 287 g/mol. The van der Waals surface area contributed by atoms with Gasteiger partial charge in [0.1, 0.15) is 11.9 Å². The molecule has 112 valence electrons. The number of hydrogen-bond donors (Lipinski definition) is 1. The number of aliphatic hydroxyl groups excluding tert-OH is 1. The molecule has 0 amide bonds. The van der Waals surface area contributed by atoms with E-state index in [1.54, 1.807) is 6.20 Å². The molecule has 0 saturated carbocycles. The van der Waals surface area contributed by atoms with Crippen LogP contribution in [0, 0.1) is 12.8 Å². The van der Waals surface area contributed by atoms with E-state index in [1.165, 1.54) is 0 Å². The van der Waals surface area contributed by atoms with Crippen LogP contribution in [0.2, 0.25) is 0 Å². The van der Waals surface area contributed by atoms with Gasteiger partial charge >= 0.3 is 0 Å². The number of rotatable bonds is 3. The molecule has 1 unspecified atom stereocenters. The second-order valence-electron chi connectivity index (χ2n) is 5.73. The number of aryl methyl sites for hydroxylation is 2. The molecule has 1 N–H and O–H groups in total. The van der Waals surface area contributed by atoms with E-state index in [-0.39, 0.29) is 5.92 Å². The largest absolute Gasteiger partial charge is 0.385 e. The van der Waals surface area contributed by atoms with Crippen LogP contribution in [0.3, 0.4) is 0 Å². The Morgan fingerprint density at radius 3 is 2.43 bits per heavy atom. The van der Waals surface area contributed by atoms with Crippen LogP contribution >= 0.6 is 0 Å². The highest BCUT2D eigenvalue weighted by molar-refractivity contribution is 5.30. The van der Waals surface area contributed by atoms with E-state index in [2.05, 4.69) is 19.9 Å². The van der Waals surface area contributed by atoms with Crippen molar-refractivity contribution in [2.75, 3.05) is 18.0 Å². The van der Waals surface area contributed by atoms with Gasteiger partial charge in [-0.3, -0.25) is 0 Å². The minimum absolute atomic E-state index is 0.243. The molecule has 1 fully saturated rings. The van der Waals surface area contributed by atoms with Crippen molar-refractivity contribution in [1.82, 2.24) is 19.5 Å². The highest BCUT2D eigenvalue weighted by Crippen LogP contribution is 2.30. The lowest BCUT2D eigenvalue weighted by molar-refractivity contribution is 0.0823. The molecule has 0 aliphatic carbocycles. The molecule has 0 radical (unpaired) electrons. The summed E-state index contributed by atoms with van der Waals surface area (Å²) in [6.45, 7) is 3.73. The SMILES string of the molecule is Cc1cnc(N2CCC(C(O)c3nccn3C)CC2)nc1. The first-order valence-electron chi connectivity index (χ1n) is 7.34. The summed E-state index contributed by atoms with van der Waals surface area (Å²) in [4.78, 5) is 15.2. The van der Waals surface area contributed by atoms with Crippen LogP contribution in [0.5, 0.6) is 0 Å². The van der Waals surface area contributed by atoms with Crippen LogP contribution < -0.4 is 4.90 Å². The number of piperidine rings is 1. The maximum absolute atomic E-state index is 10.5. The van der Waals surface area contributed by atoms with Crippen LogP contribution in [0.15, 0.2) is 24.8 Å². The first kappa shape index (κ1) is 14.0. The summed E-state index contributed by atoms with van der Waals surface area (Å²) in [5.41, 5.74) is 1.07. The molecule has 1 saturated heterocycles. The molecule has 1 aliphatic rings. The number of aliphatic hydroxyl groups is 1. The van der Waals surface area contributed by atoms with E-state index >= 15 is 0 Å². The summed E-state index contributed by atoms with van der Waals surface area (Å²) >= 11 is 0. The van der Waals surface area contributed by atoms with Crippen molar-refractivity contribution in [1.29, 1.82) is 0 Å². The van der Waals surface area contributed by atoms with Crippen molar-refractivity contribution < 1.29 is 5.11 Å². The minimum atomic E-state index is -0.494. The van der Waals surface area contributed by atoms with Crippen molar-refractivity contribution in [3.63, 3.8) is 0 Å². The molecule has 0 aromatic carbocycles. The van der Waals surface area contributed by atoms with Crippen molar-refractivity contribution in [3.05, 3.63) is 36.2 Å². The fraction of sp³-hybridized carbons (Fsp3) is 0.533. The zero-order chi connectivity index (χ0) is 14.8. The lowest BCUT2D eigenvalue weighted by atomic mass is 9.91. The molecule has 3 rings (SSSR count). The zero-order valence-corrected chi connectivity index (χ0v) is 12.5. The smallest absolute Gasteiger partial charge is 0.225 e. The number of hydrogen-bond acceptors (Lipinski definition) is 5. The standard InChI is InChI=1S/C15H21N5O/c1-11-9-17-15(18-10-11)20-6-3-12(4-7-20)13(21)14-16-5-8-19(14)2/h5,8-10,12-13,21H,3-4,6-7H2,1-2H3. The Morgan fingerprint density at radius 1 is 1.19 bits per heavy atom. The number of imidazole rings is 1. The summed E-state index contributed by atoms with van der Waals surface area (Å²) in [6, 6.07) is 0. The molecule has 21 heavy (non-hydrogen) atoms. The van der Waals surface area contributed by atoms with Crippen molar-refractivity contribution in [3.8, 4) is 0 Å². The summed E-state index contributed by atoms with van der Waals surface area (Å²) < 4.78 is 1.89. The minimum Gasteiger partial charge on any atom is -0.385 e. The summed E-state index contributed by atoms with van der Waals surface area (Å²) in [7, 11) is 1.92. The van der Waals surface area contributed by atoms with Gasteiger partial charge in [-0.25, -0.2) is 15.0 Å². The molecule has 0 bridgehead atoms. The van der Waals surface area contributed by atoms with E-state index in [9.17, 15) is 5.11 Å². The Bertz CT molecular complexity index is 586. The second kappa shape index (κ2) is 5.81. The first-order chi connectivity index (χ1) is 10.1. The predicted octanol–water partition coefficient (Wildman–Crippen LogP) is 1.47. The number of nitrogens with zero attached hydrogens (tertiary/aromatic N) is 5. The maximum atomic E-state index is 10.5. The van der Waals surface area contributed by atoms with Crippen LogP contribution in [0.4, 0.5) is 5.95 Å². The van der Waals surface area contributed by atoms with Gasteiger partial charge in [0.15, 0.2) is 0 Å². The molecule has 1 aliphatic heterocycles. The maximum Gasteiger partial charge on any atom is 0.225 e. The molecule has 6 nitrogen and oxygen atoms in total. The molecule has 2 aromatic heterocycles. The van der Waals surface area contributed by atoms with Gasteiger partial charge in [-0.2, -0.15) is 0 Å². The van der Waals surface area contributed by atoms with Crippen molar-refractivity contribution in [2.24, 2.45) is 13.0 Å². The third kappa shape index (κ3) is 2.90. The van der Waals surface area contributed by atoms with Gasteiger partial charge in [-0.1, -0.05) is 0 Å². The first-order valence-corrected chi connectivity index (χ1v) is 7.34. The molecule has 2 aromatic rings. The average Bonchev–Trinajstić information content (AvgIpc) is 2.94. The lowest BCUT2D eigenvalue weighted by Crippen LogP contribution is -2.37. The van der Waals surface area contributed by atoms with Gasteiger partial charge in [0.25, 0.3) is 0 Å². The van der Waals surface area contributed by atoms with Gasteiger partial charge in [-0.05, 0) is 31.2 Å². The third-order valence-electron chi connectivity index (χ3n) is 4.16. The Kier molecular flexibility index (Phi) is 3.88. The van der Waals surface area contributed by atoms with E-state index in [0.717, 1.165) is 43.3 Å². The molecule has 6 heteroatoms. The summed E-state index contributed by atoms with van der Waals surface area (Å²) in [5.74, 6) is 1.78. The fourth-order valence-corrected chi connectivity index (χ4v) is 2.84. The summed E-state index contributed by atoms with van der Waals surface area (Å²) in [6.07, 6.45) is 8.64. The molecular formula is C15H21N5O. The van der Waals surface area contributed by atoms with E-state index in [1.807, 2.05) is 37.1 Å². The Hall–Kier alpha value is -1.95. The molecule has 0 spiro atoms. The van der Waals surface area contributed by atoms with Crippen LogP contribution in [-0.2, 0) is 7.05 Å². The zero-order valence-electron chi connectivity index (χ0n) is 12.5. The third-order valence-corrected chi connectivity index (χ3v) is 4.16. The second-order valence-corrected chi connectivity index (χ2v) is 5.73. The van der Waals surface area contributed by atoms with Crippen LogP contribution in [-0.4, -0.2) is 37.7 Å². The molecule has 1 atom stereocenters. The van der Waals surface area contributed by atoms with Crippen molar-refractivity contribution >= 4 is 5.95 Å². The Balaban J connectivity index is 1.62. The van der Waals surface area contributed by atoms with Crippen LogP contribution in [0.1, 0.15) is 30.3 Å². The quantitative estimate of drug-likeness (QED) is 0.926. The predicted molar refractivity (Wildman–Crippen MR) is 79.9 cm³/mol. The molecular weight excluding hydrogens is 266 g/mol. The van der Waals surface area contributed by atoms with Gasteiger partial charge in [0.05, 0.1) is 0 Å². The Morgan fingerprint density at radius 2 is 1.86 bits per heavy atom. The summed E-state index contributed by atoms with van der Waals surface area (Å²) in [5, 5.41) is 10.5. The highest BCUT2D eigenvalue weighted by Gasteiger charge is 2.29. The average molecular weight is 287 g/mol. The molecule has 3 heterocycles. The Labute approximate surface area is 124 Å². The van der Waals surface area contributed by atoms with E-state index in [4.69, 9.17) is 0 Å². The highest BCUT2D eigenvalue weighted by atomic mass is 16.3. The van der Waals surface area contributed by atoms with Crippen molar-refractivity contribution in [2.45, 2.75) is 25.9 Å². The van der Waals surface area contributed by atoms with Gasteiger partial charge < -0.3 is 14.6 Å². The fourth-order valence-electron chi connectivity index (χ4n) is 2.84. The number of anilines is 1. The van der Waals surface area contributed by atoms with Gasteiger partial charge in [0, 0.05) is 44.9 Å². The van der Waals surface area contributed by atoms with E-state index in [0.29, 0.717) is 0 Å². The number of aromatic nitrogens is 4.